The summed E-state index contributed by atoms with van der Waals surface area (Å²) in [6, 6.07) is 1.84. The highest BCUT2D eigenvalue weighted by Crippen LogP contribution is 2.17. The number of aliphatic hydroxyl groups is 1. The zero-order valence-corrected chi connectivity index (χ0v) is 9.21. The molecule has 0 aliphatic carbocycles. The molecule has 14 heavy (non-hydrogen) atoms. The Morgan fingerprint density at radius 3 is 2.93 bits per heavy atom. The normalized spacial score (nSPS) is 15.1. The standard InChI is InChI=1S/C9H15N3OS/c1-7-3-4-11-8(12-7)14-6-9(2,10)5-13/h3-4,13H,5-6,10H2,1-2H3. The molecule has 1 unspecified atom stereocenters. The topological polar surface area (TPSA) is 72.0 Å². The average molecular weight is 213 g/mol. The molecule has 1 aromatic rings. The van der Waals surface area contributed by atoms with Gasteiger partial charge in [0.2, 0.25) is 0 Å². The second-order valence-electron chi connectivity index (χ2n) is 3.58. The van der Waals surface area contributed by atoms with Gasteiger partial charge in [-0.15, -0.1) is 0 Å². The molecule has 1 heterocycles. The maximum absolute atomic E-state index is 8.95. The van der Waals surface area contributed by atoms with Crippen LogP contribution in [0.3, 0.4) is 0 Å². The first-order chi connectivity index (χ1) is 6.53. The van der Waals surface area contributed by atoms with Crippen molar-refractivity contribution in [1.82, 2.24) is 9.97 Å². The summed E-state index contributed by atoms with van der Waals surface area (Å²) in [5.74, 6) is 0.604. The maximum Gasteiger partial charge on any atom is 0.187 e. The lowest BCUT2D eigenvalue weighted by molar-refractivity contribution is 0.224. The van der Waals surface area contributed by atoms with Gasteiger partial charge in [-0.25, -0.2) is 9.97 Å². The minimum atomic E-state index is -0.572. The Hall–Kier alpha value is -0.650. The smallest absolute Gasteiger partial charge is 0.187 e. The third kappa shape index (κ3) is 3.61. The van der Waals surface area contributed by atoms with Crippen LogP contribution in [0.4, 0.5) is 0 Å². The minimum Gasteiger partial charge on any atom is -0.394 e. The van der Waals surface area contributed by atoms with Crippen LogP contribution < -0.4 is 5.73 Å². The van der Waals surface area contributed by atoms with Gasteiger partial charge >= 0.3 is 0 Å². The highest BCUT2D eigenvalue weighted by atomic mass is 32.2. The quantitative estimate of drug-likeness (QED) is 0.565. The summed E-state index contributed by atoms with van der Waals surface area (Å²) in [5, 5.41) is 9.65. The Bertz CT molecular complexity index is 304. The van der Waals surface area contributed by atoms with E-state index >= 15 is 0 Å². The zero-order valence-electron chi connectivity index (χ0n) is 8.40. The van der Waals surface area contributed by atoms with E-state index in [4.69, 9.17) is 10.8 Å². The number of hydrogen-bond acceptors (Lipinski definition) is 5. The summed E-state index contributed by atoms with van der Waals surface area (Å²) in [6.07, 6.45) is 1.72. The Morgan fingerprint density at radius 2 is 2.36 bits per heavy atom. The van der Waals surface area contributed by atoms with Crippen LogP contribution in [0, 0.1) is 6.92 Å². The zero-order chi connectivity index (χ0) is 10.6. The van der Waals surface area contributed by atoms with Crippen LogP contribution in [-0.4, -0.2) is 33.0 Å². The van der Waals surface area contributed by atoms with E-state index in [1.165, 1.54) is 11.8 Å². The molecule has 3 N–H and O–H groups in total. The van der Waals surface area contributed by atoms with Crippen LogP contribution >= 0.6 is 11.8 Å². The molecule has 0 fully saturated rings. The molecular formula is C9H15N3OS. The lowest BCUT2D eigenvalue weighted by Gasteiger charge is -2.20. The summed E-state index contributed by atoms with van der Waals surface area (Å²) in [6.45, 7) is 3.68. The summed E-state index contributed by atoms with van der Waals surface area (Å²) >= 11 is 1.46. The van der Waals surface area contributed by atoms with Gasteiger partial charge in [0.15, 0.2) is 5.16 Å². The van der Waals surface area contributed by atoms with Crippen LogP contribution in [0.25, 0.3) is 0 Å². The molecule has 0 spiro atoms. The predicted molar refractivity (Wildman–Crippen MR) is 57.2 cm³/mol. The third-order valence-electron chi connectivity index (χ3n) is 1.66. The Morgan fingerprint density at radius 1 is 1.64 bits per heavy atom. The second-order valence-corrected chi connectivity index (χ2v) is 4.52. The van der Waals surface area contributed by atoms with Crippen molar-refractivity contribution in [3.05, 3.63) is 18.0 Å². The van der Waals surface area contributed by atoms with Gasteiger partial charge in [0, 0.05) is 23.2 Å². The molecule has 0 aliphatic heterocycles. The van der Waals surface area contributed by atoms with Gasteiger partial charge in [-0.1, -0.05) is 11.8 Å². The highest BCUT2D eigenvalue weighted by molar-refractivity contribution is 7.99. The lowest BCUT2D eigenvalue weighted by atomic mass is 10.1. The van der Waals surface area contributed by atoms with E-state index in [0.717, 1.165) is 5.69 Å². The van der Waals surface area contributed by atoms with Crippen LogP contribution in [0.15, 0.2) is 17.4 Å². The highest BCUT2D eigenvalue weighted by Gasteiger charge is 2.17. The summed E-state index contributed by atoms with van der Waals surface area (Å²) in [5.41, 5.74) is 6.14. The fourth-order valence-electron chi connectivity index (χ4n) is 0.771. The molecule has 5 heteroatoms. The van der Waals surface area contributed by atoms with Crippen LogP contribution in [0.5, 0.6) is 0 Å². The number of nitrogens with two attached hydrogens (primary N) is 1. The Labute approximate surface area is 88.0 Å². The van der Waals surface area contributed by atoms with Gasteiger partial charge in [-0.05, 0) is 19.9 Å². The third-order valence-corrected chi connectivity index (χ3v) is 2.92. The number of thioether (sulfide) groups is 1. The summed E-state index contributed by atoms with van der Waals surface area (Å²) in [4.78, 5) is 8.32. The van der Waals surface area contributed by atoms with Crippen molar-refractivity contribution in [2.24, 2.45) is 5.73 Å². The second kappa shape index (κ2) is 4.72. The molecule has 0 aromatic carbocycles. The largest absolute Gasteiger partial charge is 0.394 e. The van der Waals surface area contributed by atoms with Crippen molar-refractivity contribution in [1.29, 1.82) is 0 Å². The number of nitrogens with zero attached hydrogens (tertiary/aromatic N) is 2. The van der Waals surface area contributed by atoms with Gasteiger partial charge < -0.3 is 10.8 Å². The first-order valence-electron chi connectivity index (χ1n) is 4.36. The van der Waals surface area contributed by atoms with Gasteiger partial charge in [-0.3, -0.25) is 0 Å². The SMILES string of the molecule is Cc1ccnc(SCC(C)(N)CO)n1. The minimum absolute atomic E-state index is 0.0359. The van der Waals surface area contributed by atoms with Gasteiger partial charge in [0.1, 0.15) is 0 Å². The number of hydrogen-bond donors (Lipinski definition) is 2. The van der Waals surface area contributed by atoms with Crippen molar-refractivity contribution in [2.45, 2.75) is 24.5 Å². The molecule has 0 aliphatic rings. The van der Waals surface area contributed by atoms with E-state index < -0.39 is 5.54 Å². The molecule has 0 bridgehead atoms. The molecule has 1 rings (SSSR count). The monoisotopic (exact) mass is 213 g/mol. The van der Waals surface area contributed by atoms with Crippen molar-refractivity contribution < 1.29 is 5.11 Å². The van der Waals surface area contributed by atoms with Gasteiger partial charge in [0.05, 0.1) is 6.61 Å². The molecule has 0 saturated carbocycles. The van der Waals surface area contributed by atoms with Gasteiger partial charge in [-0.2, -0.15) is 0 Å². The molecule has 0 amide bonds. The first kappa shape index (κ1) is 11.4. The van der Waals surface area contributed by atoms with E-state index in [9.17, 15) is 0 Å². The number of rotatable bonds is 4. The predicted octanol–water partition coefficient (Wildman–Crippen LogP) is 0.587. The van der Waals surface area contributed by atoms with Crippen molar-refractivity contribution in [2.75, 3.05) is 12.4 Å². The fourth-order valence-corrected chi connectivity index (χ4v) is 1.66. The van der Waals surface area contributed by atoms with E-state index in [-0.39, 0.29) is 6.61 Å². The number of aliphatic hydroxyl groups excluding tert-OH is 1. The van der Waals surface area contributed by atoms with E-state index in [1.807, 2.05) is 13.0 Å². The number of aryl methyl sites for hydroxylation is 1. The van der Waals surface area contributed by atoms with E-state index in [0.29, 0.717) is 10.9 Å². The van der Waals surface area contributed by atoms with E-state index in [1.54, 1.807) is 13.1 Å². The molecule has 0 saturated heterocycles. The molecule has 4 nitrogen and oxygen atoms in total. The van der Waals surface area contributed by atoms with Crippen molar-refractivity contribution in [3.63, 3.8) is 0 Å². The van der Waals surface area contributed by atoms with E-state index in [2.05, 4.69) is 9.97 Å². The molecule has 1 atom stereocenters. The lowest BCUT2D eigenvalue weighted by Crippen LogP contribution is -2.42. The molecular weight excluding hydrogens is 198 g/mol. The Kier molecular flexibility index (Phi) is 3.86. The van der Waals surface area contributed by atoms with Crippen molar-refractivity contribution >= 4 is 11.8 Å². The van der Waals surface area contributed by atoms with Crippen LogP contribution in [-0.2, 0) is 0 Å². The van der Waals surface area contributed by atoms with Crippen molar-refractivity contribution in [3.8, 4) is 0 Å². The van der Waals surface area contributed by atoms with Crippen LogP contribution in [0.2, 0.25) is 0 Å². The average Bonchev–Trinajstić information content (AvgIpc) is 2.15. The van der Waals surface area contributed by atoms with Crippen LogP contribution in [0.1, 0.15) is 12.6 Å². The summed E-state index contributed by atoms with van der Waals surface area (Å²) < 4.78 is 0. The molecule has 0 radical (unpaired) electrons. The number of aromatic nitrogens is 2. The molecule has 78 valence electrons. The summed E-state index contributed by atoms with van der Waals surface area (Å²) in [7, 11) is 0. The van der Waals surface area contributed by atoms with Gasteiger partial charge in [0.25, 0.3) is 0 Å². The first-order valence-corrected chi connectivity index (χ1v) is 5.34. The maximum atomic E-state index is 8.95. The molecule has 1 aromatic heterocycles. The Balaban J connectivity index is 2.54. The fraction of sp³-hybridized carbons (Fsp3) is 0.556.